The van der Waals surface area contributed by atoms with Crippen LogP contribution in [0.25, 0.3) is 0 Å². The number of nitrogens with zero attached hydrogens (tertiary/aromatic N) is 1. The normalized spacial score (nSPS) is 22.6. The lowest BCUT2D eigenvalue weighted by Gasteiger charge is -2.36. The second kappa shape index (κ2) is 6.18. The van der Waals surface area contributed by atoms with Gasteiger partial charge < -0.3 is 15.7 Å². The summed E-state index contributed by atoms with van der Waals surface area (Å²) in [5.74, 6) is 0.0680. The van der Waals surface area contributed by atoms with Crippen molar-refractivity contribution >= 4 is 23.1 Å². The fraction of sp³-hybridized carbons (Fsp3) is 0.857. The lowest BCUT2D eigenvalue weighted by atomic mass is 9.78. The summed E-state index contributed by atoms with van der Waals surface area (Å²) in [6.07, 6.45) is 7.97. The van der Waals surface area contributed by atoms with Crippen molar-refractivity contribution in [3.05, 3.63) is 0 Å². The van der Waals surface area contributed by atoms with E-state index in [1.807, 2.05) is 4.90 Å². The summed E-state index contributed by atoms with van der Waals surface area (Å²) < 4.78 is 0. The number of aliphatic hydroxyl groups excluding tert-OH is 1. The summed E-state index contributed by atoms with van der Waals surface area (Å²) in [7, 11) is 0. The molecular formula is C14H24N2O2S. The van der Waals surface area contributed by atoms with E-state index in [4.69, 9.17) is 18.0 Å². The number of amides is 1. The smallest absolute Gasteiger partial charge is 0.235 e. The molecule has 3 N–H and O–H groups in total. The first-order valence-electron chi connectivity index (χ1n) is 7.33. The fourth-order valence-electron chi connectivity index (χ4n) is 3.12. The van der Waals surface area contributed by atoms with Crippen LogP contribution >= 0.6 is 12.2 Å². The monoisotopic (exact) mass is 284 g/mol. The molecular weight excluding hydrogens is 260 g/mol. The zero-order chi connectivity index (χ0) is 13.9. The average molecular weight is 284 g/mol. The van der Waals surface area contributed by atoms with Gasteiger partial charge in [0, 0.05) is 12.6 Å². The van der Waals surface area contributed by atoms with Crippen molar-refractivity contribution in [2.45, 2.75) is 57.4 Å². The fourth-order valence-corrected chi connectivity index (χ4v) is 3.41. The number of carbonyl (C=O) groups is 1. The molecule has 2 rings (SSSR count). The maximum atomic E-state index is 12.9. The molecule has 1 amide bonds. The van der Waals surface area contributed by atoms with Gasteiger partial charge in [-0.2, -0.15) is 0 Å². The molecule has 0 atom stereocenters. The minimum atomic E-state index is -0.649. The van der Waals surface area contributed by atoms with Gasteiger partial charge in [-0.25, -0.2) is 0 Å². The van der Waals surface area contributed by atoms with Crippen LogP contribution in [0.3, 0.4) is 0 Å². The topological polar surface area (TPSA) is 66.6 Å². The first-order valence-corrected chi connectivity index (χ1v) is 7.74. The zero-order valence-corrected chi connectivity index (χ0v) is 12.3. The van der Waals surface area contributed by atoms with Gasteiger partial charge >= 0.3 is 0 Å². The van der Waals surface area contributed by atoms with Crippen LogP contribution in [0.5, 0.6) is 0 Å². The van der Waals surface area contributed by atoms with Crippen molar-refractivity contribution in [1.82, 2.24) is 4.90 Å². The average Bonchev–Trinajstić information content (AvgIpc) is 3.21. The molecule has 2 saturated carbocycles. The molecule has 2 aliphatic rings. The molecule has 0 bridgehead atoms. The Morgan fingerprint density at radius 2 is 1.84 bits per heavy atom. The first kappa shape index (κ1) is 14.7. The highest BCUT2D eigenvalue weighted by molar-refractivity contribution is 7.80. The number of nitrogens with two attached hydrogens (primary N) is 1. The highest BCUT2D eigenvalue weighted by Gasteiger charge is 2.46. The highest BCUT2D eigenvalue weighted by Crippen LogP contribution is 2.40. The zero-order valence-electron chi connectivity index (χ0n) is 11.4. The molecule has 0 aromatic carbocycles. The van der Waals surface area contributed by atoms with Crippen LogP contribution in [0.2, 0.25) is 0 Å². The second-order valence-electron chi connectivity index (χ2n) is 5.81. The first-order chi connectivity index (χ1) is 9.12. The quantitative estimate of drug-likeness (QED) is 0.594. The molecule has 5 heteroatoms. The standard InChI is InChI=1S/C14H24N2O2S/c15-12(19)14(7-3-1-2-4-8-14)13(18)16(9-10-17)11-5-6-11/h11,17H,1-10H2,(H2,15,19). The van der Waals surface area contributed by atoms with Gasteiger partial charge in [0.1, 0.15) is 0 Å². The molecule has 0 spiro atoms. The molecule has 0 unspecified atom stereocenters. The van der Waals surface area contributed by atoms with Gasteiger partial charge in [0.05, 0.1) is 17.0 Å². The number of rotatable bonds is 5. The molecule has 108 valence electrons. The van der Waals surface area contributed by atoms with Crippen LogP contribution in [-0.4, -0.2) is 40.1 Å². The van der Waals surface area contributed by atoms with Crippen molar-refractivity contribution in [3.8, 4) is 0 Å². The molecule has 2 aliphatic carbocycles. The van der Waals surface area contributed by atoms with E-state index in [1.165, 1.54) is 0 Å². The molecule has 4 nitrogen and oxygen atoms in total. The lowest BCUT2D eigenvalue weighted by Crippen LogP contribution is -2.52. The van der Waals surface area contributed by atoms with Crippen LogP contribution < -0.4 is 5.73 Å². The Bertz CT molecular complexity index is 347. The molecule has 19 heavy (non-hydrogen) atoms. The Morgan fingerprint density at radius 1 is 1.26 bits per heavy atom. The van der Waals surface area contributed by atoms with E-state index in [9.17, 15) is 9.90 Å². The van der Waals surface area contributed by atoms with Gasteiger partial charge in [-0.15, -0.1) is 0 Å². The minimum absolute atomic E-state index is 0.00958. The molecule has 2 fully saturated rings. The van der Waals surface area contributed by atoms with E-state index in [-0.39, 0.29) is 12.5 Å². The molecule has 0 aromatic rings. The van der Waals surface area contributed by atoms with Crippen molar-refractivity contribution in [1.29, 1.82) is 0 Å². The summed E-state index contributed by atoms with van der Waals surface area (Å²) >= 11 is 5.24. The highest BCUT2D eigenvalue weighted by atomic mass is 32.1. The molecule has 0 saturated heterocycles. The van der Waals surface area contributed by atoms with Crippen LogP contribution in [0.15, 0.2) is 0 Å². The Morgan fingerprint density at radius 3 is 2.26 bits per heavy atom. The Kier molecular flexibility index (Phi) is 4.79. The van der Waals surface area contributed by atoms with Crippen LogP contribution in [0.1, 0.15) is 51.4 Å². The number of hydrogen-bond acceptors (Lipinski definition) is 3. The van der Waals surface area contributed by atoms with Crippen molar-refractivity contribution < 1.29 is 9.90 Å². The van der Waals surface area contributed by atoms with Crippen molar-refractivity contribution in [2.24, 2.45) is 11.1 Å². The Balaban J connectivity index is 2.20. The maximum Gasteiger partial charge on any atom is 0.235 e. The summed E-state index contributed by atoms with van der Waals surface area (Å²) in [6.45, 7) is 0.420. The van der Waals surface area contributed by atoms with Crippen molar-refractivity contribution in [2.75, 3.05) is 13.2 Å². The van der Waals surface area contributed by atoms with E-state index in [0.717, 1.165) is 51.4 Å². The Labute approximate surface area is 120 Å². The second-order valence-corrected chi connectivity index (χ2v) is 6.25. The van der Waals surface area contributed by atoms with Crippen molar-refractivity contribution in [3.63, 3.8) is 0 Å². The summed E-state index contributed by atoms with van der Waals surface area (Å²) in [4.78, 5) is 15.1. The third-order valence-corrected chi connectivity index (χ3v) is 4.82. The van der Waals surface area contributed by atoms with Gasteiger partial charge in [0.15, 0.2) is 0 Å². The number of hydrogen-bond donors (Lipinski definition) is 2. The van der Waals surface area contributed by atoms with Crippen LogP contribution in [0.4, 0.5) is 0 Å². The van der Waals surface area contributed by atoms with Gasteiger partial charge in [0.2, 0.25) is 5.91 Å². The molecule has 0 radical (unpaired) electrons. The predicted octanol–water partition coefficient (Wildman–Crippen LogP) is 1.60. The summed E-state index contributed by atoms with van der Waals surface area (Å²) in [6, 6.07) is 0.300. The van der Waals surface area contributed by atoms with Gasteiger partial charge in [-0.1, -0.05) is 37.9 Å². The minimum Gasteiger partial charge on any atom is -0.395 e. The van der Waals surface area contributed by atoms with E-state index in [1.54, 1.807) is 0 Å². The Hall–Kier alpha value is -0.680. The summed E-state index contributed by atoms with van der Waals surface area (Å²) in [5.41, 5.74) is 5.30. The molecule has 0 aliphatic heterocycles. The SMILES string of the molecule is NC(=S)C1(C(=O)N(CCO)C2CC2)CCCCCC1. The van der Waals surface area contributed by atoms with E-state index >= 15 is 0 Å². The molecule has 0 aromatic heterocycles. The number of aliphatic hydroxyl groups is 1. The van der Waals surface area contributed by atoms with Crippen LogP contribution in [-0.2, 0) is 4.79 Å². The number of carbonyl (C=O) groups excluding carboxylic acids is 1. The van der Waals surface area contributed by atoms with E-state index < -0.39 is 5.41 Å². The van der Waals surface area contributed by atoms with Crippen LogP contribution in [0, 0.1) is 5.41 Å². The number of thiocarbonyl (C=S) groups is 1. The van der Waals surface area contributed by atoms with E-state index in [0.29, 0.717) is 17.6 Å². The maximum absolute atomic E-state index is 12.9. The van der Waals surface area contributed by atoms with Gasteiger partial charge in [-0.3, -0.25) is 4.79 Å². The largest absolute Gasteiger partial charge is 0.395 e. The van der Waals surface area contributed by atoms with E-state index in [2.05, 4.69) is 0 Å². The third kappa shape index (κ3) is 3.08. The lowest BCUT2D eigenvalue weighted by molar-refractivity contribution is -0.140. The third-order valence-electron chi connectivity index (χ3n) is 4.43. The molecule has 0 heterocycles. The predicted molar refractivity (Wildman–Crippen MR) is 78.7 cm³/mol. The van der Waals surface area contributed by atoms with Gasteiger partial charge in [0.25, 0.3) is 0 Å². The summed E-state index contributed by atoms with van der Waals surface area (Å²) in [5, 5.41) is 9.18. The van der Waals surface area contributed by atoms with Gasteiger partial charge in [-0.05, 0) is 25.7 Å².